The van der Waals surface area contributed by atoms with Gasteiger partial charge in [-0.15, -0.1) is 0 Å². The zero-order valence-corrected chi connectivity index (χ0v) is 20.8. The molecule has 33 heavy (non-hydrogen) atoms. The molecule has 4 rings (SSSR count). The molecule has 1 amide bonds. The summed E-state index contributed by atoms with van der Waals surface area (Å²) >= 11 is 5.87. The van der Waals surface area contributed by atoms with Crippen LogP contribution in [-0.4, -0.2) is 92.7 Å². The molecule has 0 unspecified atom stereocenters. The molecule has 0 aliphatic carbocycles. The Morgan fingerprint density at radius 3 is 2.52 bits per heavy atom. The summed E-state index contributed by atoms with van der Waals surface area (Å²) in [7, 11) is 2.07. The van der Waals surface area contributed by atoms with Crippen LogP contribution in [0.2, 0.25) is 5.15 Å². The van der Waals surface area contributed by atoms with Crippen molar-refractivity contribution >= 4 is 29.4 Å². The van der Waals surface area contributed by atoms with Crippen LogP contribution < -0.4 is 0 Å². The van der Waals surface area contributed by atoms with Gasteiger partial charge in [0.15, 0.2) is 11.9 Å². The first-order valence-corrected chi connectivity index (χ1v) is 11.7. The minimum atomic E-state index is -1.20. The molecular formula is C23H34ClN5O4. The van der Waals surface area contributed by atoms with Crippen molar-refractivity contribution in [3.05, 3.63) is 28.7 Å². The minimum absolute atomic E-state index is 0.0323. The van der Waals surface area contributed by atoms with Crippen LogP contribution in [0.15, 0.2) is 12.3 Å². The summed E-state index contributed by atoms with van der Waals surface area (Å²) in [6, 6.07) is 1.78. The second kappa shape index (κ2) is 10.0. The highest BCUT2D eigenvalue weighted by atomic mass is 35.5. The number of aldehydes is 1. The summed E-state index contributed by atoms with van der Waals surface area (Å²) in [6.07, 6.45) is 3.10. The molecule has 10 heteroatoms. The molecule has 182 valence electrons. The lowest BCUT2D eigenvalue weighted by Crippen LogP contribution is -2.63. The lowest BCUT2D eigenvalue weighted by Gasteiger charge is -2.47. The molecule has 2 fully saturated rings. The number of carbonyl (C=O) groups is 2. The summed E-state index contributed by atoms with van der Waals surface area (Å²) in [5.74, 6) is 0.168. The first-order valence-electron chi connectivity index (χ1n) is 11.3. The maximum atomic E-state index is 12.5. The third-order valence-corrected chi connectivity index (χ3v) is 6.69. The molecule has 2 aliphatic heterocycles. The average Bonchev–Trinajstić information content (AvgIpc) is 3.18. The average molecular weight is 480 g/mol. The minimum Gasteiger partial charge on any atom is -0.381 e. The van der Waals surface area contributed by atoms with Gasteiger partial charge in [0.25, 0.3) is 5.91 Å². The number of aliphatic hydroxyl groups is 1. The van der Waals surface area contributed by atoms with Crippen molar-refractivity contribution in [3.8, 4) is 0 Å². The van der Waals surface area contributed by atoms with Gasteiger partial charge in [-0.1, -0.05) is 25.4 Å². The fourth-order valence-corrected chi connectivity index (χ4v) is 4.30. The van der Waals surface area contributed by atoms with Crippen molar-refractivity contribution in [2.24, 2.45) is 0 Å². The van der Waals surface area contributed by atoms with Crippen molar-refractivity contribution in [2.75, 3.05) is 39.9 Å². The molecule has 2 aromatic heterocycles. The number of imidazole rings is 1. The first-order chi connectivity index (χ1) is 15.5. The van der Waals surface area contributed by atoms with E-state index >= 15 is 0 Å². The molecule has 0 atom stereocenters. The monoisotopic (exact) mass is 479 g/mol. The van der Waals surface area contributed by atoms with E-state index in [4.69, 9.17) is 16.3 Å². The number of hydrogen-bond acceptors (Lipinski definition) is 7. The second-order valence-electron chi connectivity index (χ2n) is 9.73. The molecule has 0 spiro atoms. The van der Waals surface area contributed by atoms with Crippen molar-refractivity contribution in [1.29, 1.82) is 0 Å². The van der Waals surface area contributed by atoms with E-state index in [9.17, 15) is 14.7 Å². The molecule has 9 nitrogen and oxygen atoms in total. The Morgan fingerprint density at radius 2 is 1.94 bits per heavy atom. The SMILES string of the molecule is CC(C)c1cc(Cl)nn2cc(C=O)nc12.CN1CCN(C(=O)C2(O)CCOCC2)CC1(C)C. The Balaban J connectivity index is 0.000000189. The maximum Gasteiger partial charge on any atom is 0.254 e. The van der Waals surface area contributed by atoms with Gasteiger partial charge < -0.3 is 14.7 Å². The van der Waals surface area contributed by atoms with E-state index in [-0.39, 0.29) is 17.4 Å². The number of aromatic nitrogens is 3. The molecular weight excluding hydrogens is 446 g/mol. The standard InChI is InChI=1S/C13H24N2O3.C10H10ClN3O/c1-12(2)10-15(7-6-14(12)3)11(16)13(17)4-8-18-9-5-13;1-6(2)8-3-9(11)13-14-4-7(5-15)12-10(8)14/h17H,4-10H2,1-3H3;3-6H,1-2H3. The Morgan fingerprint density at radius 1 is 1.27 bits per heavy atom. The summed E-state index contributed by atoms with van der Waals surface area (Å²) in [6.45, 7) is 11.5. The number of halogens is 1. The molecule has 1 N–H and O–H groups in total. The van der Waals surface area contributed by atoms with Crippen LogP contribution in [0.25, 0.3) is 5.65 Å². The van der Waals surface area contributed by atoms with E-state index in [1.807, 2.05) is 18.7 Å². The van der Waals surface area contributed by atoms with Crippen LogP contribution in [0.5, 0.6) is 0 Å². The highest BCUT2D eigenvalue weighted by Gasteiger charge is 2.43. The molecule has 2 aromatic rings. The zero-order chi connectivity index (χ0) is 24.4. The third-order valence-electron chi connectivity index (χ3n) is 6.51. The summed E-state index contributed by atoms with van der Waals surface area (Å²) in [5, 5.41) is 14.9. The van der Waals surface area contributed by atoms with E-state index in [1.54, 1.807) is 16.8 Å². The van der Waals surface area contributed by atoms with Crippen LogP contribution in [0.1, 0.15) is 62.5 Å². The highest BCUT2D eigenvalue weighted by Crippen LogP contribution is 2.27. The van der Waals surface area contributed by atoms with Crippen molar-refractivity contribution in [3.63, 3.8) is 0 Å². The fraction of sp³-hybridized carbons (Fsp3) is 0.652. The lowest BCUT2D eigenvalue weighted by molar-refractivity contribution is -0.165. The van der Waals surface area contributed by atoms with E-state index < -0.39 is 5.60 Å². The van der Waals surface area contributed by atoms with E-state index in [2.05, 4.69) is 35.9 Å². The Bertz CT molecular complexity index is 1000. The van der Waals surface area contributed by atoms with Crippen LogP contribution in [-0.2, 0) is 9.53 Å². The predicted molar refractivity (Wildman–Crippen MR) is 126 cm³/mol. The van der Waals surface area contributed by atoms with Crippen molar-refractivity contribution in [2.45, 2.75) is 57.6 Å². The first kappa shape index (κ1) is 25.6. The summed E-state index contributed by atoms with van der Waals surface area (Å²) in [4.78, 5) is 31.3. The summed E-state index contributed by atoms with van der Waals surface area (Å²) in [5.41, 5.74) is 0.811. The van der Waals surface area contributed by atoms with Crippen molar-refractivity contribution < 1.29 is 19.4 Å². The number of hydrogen-bond donors (Lipinski definition) is 1. The number of carbonyl (C=O) groups excluding carboxylic acids is 2. The number of amides is 1. The quantitative estimate of drug-likeness (QED) is 0.674. The van der Waals surface area contributed by atoms with Gasteiger partial charge in [0.1, 0.15) is 16.4 Å². The lowest BCUT2D eigenvalue weighted by atomic mass is 9.91. The van der Waals surface area contributed by atoms with E-state index in [0.717, 1.165) is 12.1 Å². The topological polar surface area (TPSA) is 100 Å². The number of rotatable bonds is 3. The van der Waals surface area contributed by atoms with Gasteiger partial charge in [0, 0.05) is 56.8 Å². The van der Waals surface area contributed by atoms with Crippen LogP contribution in [0, 0.1) is 0 Å². The molecule has 4 heterocycles. The van der Waals surface area contributed by atoms with Crippen LogP contribution in [0.3, 0.4) is 0 Å². The predicted octanol–water partition coefficient (Wildman–Crippen LogP) is 2.40. The molecule has 0 bridgehead atoms. The zero-order valence-electron chi connectivity index (χ0n) is 20.0. The fourth-order valence-electron chi connectivity index (χ4n) is 4.10. The van der Waals surface area contributed by atoms with E-state index in [1.165, 1.54) is 0 Å². The number of piperazine rings is 1. The number of ether oxygens (including phenoxy) is 1. The molecule has 0 aromatic carbocycles. The van der Waals surface area contributed by atoms with Gasteiger partial charge >= 0.3 is 0 Å². The Hall–Kier alpha value is -2.07. The van der Waals surface area contributed by atoms with Crippen molar-refractivity contribution in [1.82, 2.24) is 24.4 Å². The van der Waals surface area contributed by atoms with Gasteiger partial charge in [-0.05, 0) is 32.9 Å². The van der Waals surface area contributed by atoms with Gasteiger partial charge in [-0.3, -0.25) is 14.5 Å². The molecule has 2 aliphatic rings. The Labute approximate surface area is 199 Å². The largest absolute Gasteiger partial charge is 0.381 e. The number of fused-ring (bicyclic) bond motifs is 1. The van der Waals surface area contributed by atoms with Gasteiger partial charge in [-0.2, -0.15) is 5.10 Å². The van der Waals surface area contributed by atoms with Crippen LogP contribution in [0.4, 0.5) is 0 Å². The van der Waals surface area contributed by atoms with Gasteiger partial charge in [-0.25, -0.2) is 9.50 Å². The van der Waals surface area contributed by atoms with Crippen LogP contribution >= 0.6 is 11.6 Å². The van der Waals surface area contributed by atoms with E-state index in [0.29, 0.717) is 61.9 Å². The summed E-state index contributed by atoms with van der Waals surface area (Å²) < 4.78 is 6.76. The second-order valence-corrected chi connectivity index (χ2v) is 10.1. The maximum absolute atomic E-state index is 12.5. The highest BCUT2D eigenvalue weighted by molar-refractivity contribution is 6.29. The smallest absolute Gasteiger partial charge is 0.254 e. The molecule has 0 radical (unpaired) electrons. The number of nitrogens with zero attached hydrogens (tertiary/aromatic N) is 5. The molecule has 2 saturated heterocycles. The van der Waals surface area contributed by atoms with Gasteiger partial charge in [0.2, 0.25) is 0 Å². The Kier molecular flexibility index (Phi) is 7.78. The normalized spacial score (nSPS) is 20.4. The molecule has 0 saturated carbocycles. The third kappa shape index (κ3) is 5.71. The number of likely N-dealkylation sites (N-methyl/N-ethyl adjacent to an activating group) is 1. The van der Waals surface area contributed by atoms with Gasteiger partial charge in [0.05, 0.1) is 6.20 Å².